The normalized spacial score (nSPS) is 24.3. The van der Waals surface area contributed by atoms with Crippen molar-refractivity contribution in [3.8, 4) is 0 Å². The lowest BCUT2D eigenvalue weighted by Crippen LogP contribution is -2.36. The number of hydrogen-bond acceptors (Lipinski definition) is 3. The molecule has 3 aromatic rings. The molecule has 0 bridgehead atoms. The SMILES string of the molecule is CSCCN1C[C@H]2CN(C(=O)c3cc4ccccc4[nH]3)[C@H](c3ccccc3)[C@H]2C1. The first-order chi connectivity index (χ1) is 14.2. The first kappa shape index (κ1) is 18.8. The predicted molar refractivity (Wildman–Crippen MR) is 120 cm³/mol. The summed E-state index contributed by atoms with van der Waals surface area (Å²) in [4.78, 5) is 21.6. The van der Waals surface area contributed by atoms with Gasteiger partial charge < -0.3 is 14.8 Å². The number of nitrogens with zero attached hydrogens (tertiary/aromatic N) is 2. The van der Waals surface area contributed by atoms with E-state index in [0.29, 0.717) is 17.5 Å². The number of H-pyrrole nitrogens is 1. The average Bonchev–Trinajstić information content (AvgIpc) is 3.44. The third-order valence-corrected chi connectivity index (χ3v) is 7.10. The zero-order chi connectivity index (χ0) is 19.8. The average molecular weight is 406 g/mol. The van der Waals surface area contributed by atoms with Gasteiger partial charge in [0.15, 0.2) is 0 Å². The van der Waals surface area contributed by atoms with Gasteiger partial charge in [0.25, 0.3) is 5.91 Å². The van der Waals surface area contributed by atoms with Crippen LogP contribution in [0.4, 0.5) is 0 Å². The summed E-state index contributed by atoms with van der Waals surface area (Å²) in [6.07, 6.45) is 2.17. The lowest BCUT2D eigenvalue weighted by molar-refractivity contribution is 0.0697. The molecule has 4 nitrogen and oxygen atoms in total. The number of rotatable bonds is 5. The first-order valence-electron chi connectivity index (χ1n) is 10.4. The molecule has 1 aromatic heterocycles. The lowest BCUT2D eigenvalue weighted by Gasteiger charge is -2.29. The van der Waals surface area contributed by atoms with Crippen LogP contribution in [0.1, 0.15) is 22.1 Å². The summed E-state index contributed by atoms with van der Waals surface area (Å²) in [6.45, 7) is 4.17. The van der Waals surface area contributed by atoms with Crippen molar-refractivity contribution in [2.24, 2.45) is 11.8 Å². The largest absolute Gasteiger partial charge is 0.351 e. The van der Waals surface area contributed by atoms with Crippen LogP contribution in [-0.2, 0) is 0 Å². The molecule has 2 fully saturated rings. The van der Waals surface area contributed by atoms with Crippen LogP contribution < -0.4 is 0 Å². The molecule has 5 heteroatoms. The van der Waals surface area contributed by atoms with Gasteiger partial charge >= 0.3 is 0 Å². The summed E-state index contributed by atoms with van der Waals surface area (Å²) in [5.74, 6) is 2.36. The number of aromatic nitrogens is 1. The molecule has 0 aliphatic carbocycles. The minimum absolute atomic E-state index is 0.125. The van der Waals surface area contributed by atoms with Crippen molar-refractivity contribution in [2.75, 3.05) is 38.2 Å². The van der Waals surface area contributed by atoms with Crippen LogP contribution >= 0.6 is 11.8 Å². The minimum Gasteiger partial charge on any atom is -0.351 e. The number of aromatic amines is 1. The van der Waals surface area contributed by atoms with Gasteiger partial charge in [-0.2, -0.15) is 11.8 Å². The maximum Gasteiger partial charge on any atom is 0.270 e. The molecular weight excluding hydrogens is 378 g/mol. The molecule has 3 heterocycles. The van der Waals surface area contributed by atoms with Gasteiger partial charge in [0.05, 0.1) is 6.04 Å². The molecule has 0 saturated carbocycles. The molecular formula is C24H27N3OS. The summed E-state index contributed by atoms with van der Waals surface area (Å²) < 4.78 is 0. The van der Waals surface area contributed by atoms with E-state index in [4.69, 9.17) is 0 Å². The van der Waals surface area contributed by atoms with E-state index in [2.05, 4.69) is 57.4 Å². The molecule has 29 heavy (non-hydrogen) atoms. The van der Waals surface area contributed by atoms with Crippen LogP contribution in [0, 0.1) is 11.8 Å². The molecule has 2 aromatic carbocycles. The van der Waals surface area contributed by atoms with Gasteiger partial charge in [0.2, 0.25) is 0 Å². The summed E-state index contributed by atoms with van der Waals surface area (Å²) >= 11 is 1.91. The molecule has 150 valence electrons. The Morgan fingerprint density at radius 1 is 1.07 bits per heavy atom. The number of para-hydroxylation sites is 1. The number of nitrogens with one attached hydrogen (secondary N) is 1. The smallest absolute Gasteiger partial charge is 0.270 e. The van der Waals surface area contributed by atoms with Crippen LogP contribution in [-0.4, -0.2) is 58.9 Å². The standard InChI is InChI=1S/C24H27N3OS/c1-29-12-11-26-14-19-15-27(23(20(19)16-26)17-7-3-2-4-8-17)24(28)22-13-18-9-5-6-10-21(18)25-22/h2-10,13,19-20,23,25H,11-12,14-16H2,1H3/t19-,20-,23+/m0/s1. The number of carbonyl (C=O) groups excluding carboxylic acids is 1. The topological polar surface area (TPSA) is 39.3 Å². The number of likely N-dealkylation sites (tertiary alicyclic amines) is 2. The van der Waals surface area contributed by atoms with Gasteiger partial charge in [-0.25, -0.2) is 0 Å². The fraction of sp³-hybridized carbons (Fsp3) is 0.375. The Labute approximate surface area is 176 Å². The second-order valence-electron chi connectivity index (χ2n) is 8.26. The highest BCUT2D eigenvalue weighted by atomic mass is 32.2. The van der Waals surface area contributed by atoms with Crippen molar-refractivity contribution < 1.29 is 4.79 Å². The van der Waals surface area contributed by atoms with E-state index in [1.54, 1.807) is 0 Å². The number of amides is 1. The molecule has 2 aliphatic rings. The van der Waals surface area contributed by atoms with Gasteiger partial charge in [-0.1, -0.05) is 48.5 Å². The van der Waals surface area contributed by atoms with Crippen molar-refractivity contribution in [1.82, 2.24) is 14.8 Å². The Hall–Kier alpha value is -2.24. The third kappa shape index (κ3) is 3.47. The molecule has 1 amide bonds. The summed E-state index contributed by atoms with van der Waals surface area (Å²) in [5.41, 5.74) is 2.98. The minimum atomic E-state index is 0.125. The van der Waals surface area contributed by atoms with Gasteiger partial charge in [-0.15, -0.1) is 0 Å². The third-order valence-electron chi connectivity index (χ3n) is 6.51. The van der Waals surface area contributed by atoms with Crippen LogP contribution in [0.2, 0.25) is 0 Å². The highest BCUT2D eigenvalue weighted by Crippen LogP contribution is 2.45. The van der Waals surface area contributed by atoms with E-state index in [1.807, 2.05) is 36.0 Å². The Balaban J connectivity index is 1.45. The monoisotopic (exact) mass is 405 g/mol. The van der Waals surface area contributed by atoms with Gasteiger partial charge in [0.1, 0.15) is 5.69 Å². The molecule has 0 unspecified atom stereocenters. The Bertz CT molecular complexity index is 969. The summed E-state index contributed by atoms with van der Waals surface area (Å²) in [6, 6.07) is 20.9. The molecule has 3 atom stereocenters. The van der Waals surface area contributed by atoms with Gasteiger partial charge in [-0.3, -0.25) is 4.79 Å². The van der Waals surface area contributed by atoms with Crippen molar-refractivity contribution >= 4 is 28.6 Å². The highest BCUT2D eigenvalue weighted by Gasteiger charge is 2.49. The van der Waals surface area contributed by atoms with E-state index >= 15 is 0 Å². The number of fused-ring (bicyclic) bond motifs is 2. The maximum absolute atomic E-state index is 13.6. The Morgan fingerprint density at radius 2 is 1.86 bits per heavy atom. The summed E-state index contributed by atoms with van der Waals surface area (Å²) in [7, 11) is 0. The van der Waals surface area contributed by atoms with Crippen LogP contribution in [0.3, 0.4) is 0 Å². The number of hydrogen-bond donors (Lipinski definition) is 1. The maximum atomic E-state index is 13.6. The number of benzene rings is 2. The fourth-order valence-electron chi connectivity index (χ4n) is 5.17. The Morgan fingerprint density at radius 3 is 2.66 bits per heavy atom. The van der Waals surface area contributed by atoms with Crippen LogP contribution in [0.5, 0.6) is 0 Å². The first-order valence-corrected chi connectivity index (χ1v) is 11.8. The van der Waals surface area contributed by atoms with Crippen molar-refractivity contribution in [1.29, 1.82) is 0 Å². The second-order valence-corrected chi connectivity index (χ2v) is 9.25. The van der Waals surface area contributed by atoms with E-state index < -0.39 is 0 Å². The molecule has 2 aliphatic heterocycles. The zero-order valence-corrected chi connectivity index (χ0v) is 17.6. The van der Waals surface area contributed by atoms with Crippen LogP contribution in [0.25, 0.3) is 10.9 Å². The van der Waals surface area contributed by atoms with E-state index in [9.17, 15) is 4.79 Å². The fourth-order valence-corrected chi connectivity index (χ4v) is 5.61. The van der Waals surface area contributed by atoms with E-state index in [-0.39, 0.29) is 11.9 Å². The van der Waals surface area contributed by atoms with Gasteiger partial charge in [0, 0.05) is 48.8 Å². The molecule has 1 N–H and O–H groups in total. The van der Waals surface area contributed by atoms with E-state index in [1.165, 1.54) is 11.3 Å². The summed E-state index contributed by atoms with van der Waals surface area (Å²) in [5, 5.41) is 1.09. The number of thioether (sulfide) groups is 1. The van der Waals surface area contributed by atoms with Crippen LogP contribution in [0.15, 0.2) is 60.7 Å². The quantitative estimate of drug-likeness (QED) is 0.689. The van der Waals surface area contributed by atoms with Crippen molar-refractivity contribution in [3.63, 3.8) is 0 Å². The molecule has 2 saturated heterocycles. The lowest BCUT2D eigenvalue weighted by atomic mass is 9.89. The molecule has 0 spiro atoms. The molecule has 0 radical (unpaired) electrons. The van der Waals surface area contributed by atoms with E-state index in [0.717, 1.165) is 37.1 Å². The highest BCUT2D eigenvalue weighted by molar-refractivity contribution is 7.98. The van der Waals surface area contributed by atoms with Crippen molar-refractivity contribution in [3.05, 3.63) is 71.9 Å². The number of carbonyl (C=O) groups is 1. The predicted octanol–water partition coefficient (Wildman–Crippen LogP) is 4.28. The second kappa shape index (κ2) is 7.88. The molecule has 5 rings (SSSR count). The van der Waals surface area contributed by atoms with Crippen molar-refractivity contribution in [2.45, 2.75) is 6.04 Å². The Kier molecular flexibility index (Phi) is 5.10. The zero-order valence-electron chi connectivity index (χ0n) is 16.8. The van der Waals surface area contributed by atoms with Gasteiger partial charge in [-0.05, 0) is 29.9 Å².